The van der Waals surface area contributed by atoms with Crippen LogP contribution in [0.4, 0.5) is 5.69 Å². The number of aryl methyl sites for hydroxylation is 1. The molecule has 1 heterocycles. The van der Waals surface area contributed by atoms with Crippen LogP contribution in [0.2, 0.25) is 5.02 Å². The van der Waals surface area contributed by atoms with E-state index in [0.717, 1.165) is 31.6 Å². The molecule has 1 fully saturated rings. The molecule has 5 heteroatoms. The van der Waals surface area contributed by atoms with Gasteiger partial charge in [0.2, 0.25) is 5.91 Å². The third-order valence-electron chi connectivity index (χ3n) is 3.94. The molecule has 4 nitrogen and oxygen atoms in total. The zero-order chi connectivity index (χ0) is 15.2. The number of carbonyl (C=O) groups is 1. The first-order valence-corrected chi connectivity index (χ1v) is 7.98. The first-order chi connectivity index (χ1) is 10.1. The van der Waals surface area contributed by atoms with E-state index in [2.05, 4.69) is 22.5 Å². The topological polar surface area (TPSA) is 44.4 Å². The molecule has 2 N–H and O–H groups in total. The molecule has 2 rings (SSSR count). The number of carbonyl (C=O) groups excluding carboxylic acids is 1. The minimum absolute atomic E-state index is 0.00632. The third-order valence-corrected chi connectivity index (χ3v) is 4.25. The van der Waals surface area contributed by atoms with Crippen molar-refractivity contribution in [1.82, 2.24) is 10.2 Å². The van der Waals surface area contributed by atoms with E-state index in [0.29, 0.717) is 23.3 Å². The summed E-state index contributed by atoms with van der Waals surface area (Å²) in [6.45, 7) is 7.41. The molecular weight excluding hydrogens is 286 g/mol. The third kappa shape index (κ3) is 4.70. The van der Waals surface area contributed by atoms with Gasteiger partial charge in [0.05, 0.1) is 17.3 Å². The summed E-state index contributed by atoms with van der Waals surface area (Å²) in [5.41, 5.74) is 1.77. The zero-order valence-corrected chi connectivity index (χ0v) is 13.5. The van der Waals surface area contributed by atoms with Crippen LogP contribution >= 0.6 is 11.6 Å². The van der Waals surface area contributed by atoms with Crippen molar-refractivity contribution in [1.29, 1.82) is 0 Å². The van der Waals surface area contributed by atoms with Gasteiger partial charge in [-0.1, -0.05) is 24.6 Å². The molecule has 1 unspecified atom stereocenters. The number of benzene rings is 1. The number of nitrogens with zero attached hydrogens (tertiary/aromatic N) is 1. The van der Waals surface area contributed by atoms with E-state index < -0.39 is 0 Å². The fraction of sp³-hybridized carbons (Fsp3) is 0.562. The predicted molar refractivity (Wildman–Crippen MR) is 88.0 cm³/mol. The van der Waals surface area contributed by atoms with Gasteiger partial charge in [0.25, 0.3) is 0 Å². The summed E-state index contributed by atoms with van der Waals surface area (Å²) >= 11 is 6.15. The molecule has 1 atom stereocenters. The monoisotopic (exact) mass is 309 g/mol. The van der Waals surface area contributed by atoms with Gasteiger partial charge in [-0.2, -0.15) is 0 Å². The molecule has 0 bridgehead atoms. The SMILES string of the molecule is CCN(CC(=O)Nc1ccc(C)cc1Cl)C1CCCNC1. The number of likely N-dealkylation sites (N-methyl/N-ethyl adjacent to an activating group) is 1. The molecular formula is C16H24ClN3O. The van der Waals surface area contributed by atoms with Gasteiger partial charge in [0.1, 0.15) is 0 Å². The summed E-state index contributed by atoms with van der Waals surface area (Å²) in [6, 6.07) is 6.11. The van der Waals surface area contributed by atoms with E-state index in [1.807, 2.05) is 25.1 Å². The van der Waals surface area contributed by atoms with Crippen molar-refractivity contribution < 1.29 is 4.79 Å². The molecule has 0 saturated carbocycles. The molecule has 0 radical (unpaired) electrons. The minimum atomic E-state index is -0.00632. The number of anilines is 1. The lowest BCUT2D eigenvalue weighted by Crippen LogP contribution is -2.48. The molecule has 0 aliphatic carbocycles. The summed E-state index contributed by atoms with van der Waals surface area (Å²) in [5, 5.41) is 6.89. The van der Waals surface area contributed by atoms with Crippen LogP contribution in [0.3, 0.4) is 0 Å². The number of halogens is 1. The Hall–Kier alpha value is -1.10. The summed E-state index contributed by atoms with van der Waals surface area (Å²) in [7, 11) is 0. The highest BCUT2D eigenvalue weighted by atomic mass is 35.5. The number of nitrogens with one attached hydrogen (secondary N) is 2. The molecule has 1 aromatic carbocycles. The molecule has 0 aromatic heterocycles. The molecule has 1 amide bonds. The fourth-order valence-electron chi connectivity index (χ4n) is 2.74. The van der Waals surface area contributed by atoms with E-state index in [-0.39, 0.29) is 5.91 Å². The first-order valence-electron chi connectivity index (χ1n) is 7.61. The van der Waals surface area contributed by atoms with Crippen LogP contribution in [0.1, 0.15) is 25.3 Å². The Balaban J connectivity index is 1.92. The second-order valence-electron chi connectivity index (χ2n) is 5.59. The number of rotatable bonds is 5. The van der Waals surface area contributed by atoms with E-state index in [1.54, 1.807) is 0 Å². The lowest BCUT2D eigenvalue weighted by Gasteiger charge is -2.33. The van der Waals surface area contributed by atoms with E-state index in [4.69, 9.17) is 11.6 Å². The smallest absolute Gasteiger partial charge is 0.238 e. The lowest BCUT2D eigenvalue weighted by atomic mass is 10.1. The number of amides is 1. The molecule has 116 valence electrons. The van der Waals surface area contributed by atoms with E-state index in [9.17, 15) is 4.79 Å². The maximum atomic E-state index is 12.2. The van der Waals surface area contributed by atoms with Crippen molar-refractivity contribution in [3.63, 3.8) is 0 Å². The van der Waals surface area contributed by atoms with Crippen LogP contribution in [-0.4, -0.2) is 43.0 Å². The van der Waals surface area contributed by atoms with Crippen LogP contribution in [0, 0.1) is 6.92 Å². The van der Waals surface area contributed by atoms with Gasteiger partial charge in [-0.15, -0.1) is 0 Å². The van der Waals surface area contributed by atoms with Crippen LogP contribution < -0.4 is 10.6 Å². The Morgan fingerprint density at radius 2 is 2.33 bits per heavy atom. The summed E-state index contributed by atoms with van der Waals surface area (Å²) < 4.78 is 0. The van der Waals surface area contributed by atoms with Crippen LogP contribution in [0.15, 0.2) is 18.2 Å². The van der Waals surface area contributed by atoms with Gasteiger partial charge in [0.15, 0.2) is 0 Å². The predicted octanol–water partition coefficient (Wildman–Crippen LogP) is 2.66. The molecule has 1 aromatic rings. The highest BCUT2D eigenvalue weighted by molar-refractivity contribution is 6.33. The fourth-order valence-corrected chi connectivity index (χ4v) is 3.02. The minimum Gasteiger partial charge on any atom is -0.324 e. The Bertz CT molecular complexity index is 486. The van der Waals surface area contributed by atoms with Gasteiger partial charge in [-0.05, 0) is 50.6 Å². The van der Waals surface area contributed by atoms with Crippen LogP contribution in [-0.2, 0) is 4.79 Å². The van der Waals surface area contributed by atoms with Crippen molar-refractivity contribution in [2.45, 2.75) is 32.7 Å². The van der Waals surface area contributed by atoms with Crippen LogP contribution in [0.5, 0.6) is 0 Å². The van der Waals surface area contributed by atoms with Gasteiger partial charge >= 0.3 is 0 Å². The molecule has 1 aliphatic heterocycles. The highest BCUT2D eigenvalue weighted by Crippen LogP contribution is 2.22. The molecule has 1 saturated heterocycles. The maximum Gasteiger partial charge on any atom is 0.238 e. The van der Waals surface area contributed by atoms with Gasteiger partial charge in [-0.25, -0.2) is 0 Å². The Labute approximate surface area is 131 Å². The molecule has 0 spiro atoms. The van der Waals surface area contributed by atoms with Crippen molar-refractivity contribution in [2.24, 2.45) is 0 Å². The Kier molecular flexibility index (Phi) is 6.03. The lowest BCUT2D eigenvalue weighted by molar-refractivity contribution is -0.117. The van der Waals surface area contributed by atoms with Crippen LogP contribution in [0.25, 0.3) is 0 Å². The van der Waals surface area contributed by atoms with Crippen molar-refractivity contribution >= 4 is 23.2 Å². The van der Waals surface area contributed by atoms with Gasteiger partial charge in [0, 0.05) is 12.6 Å². The second-order valence-corrected chi connectivity index (χ2v) is 6.00. The number of hydrogen-bond donors (Lipinski definition) is 2. The standard InChI is InChI=1S/C16H24ClN3O/c1-3-20(13-5-4-8-18-10-13)11-16(21)19-15-7-6-12(2)9-14(15)17/h6-7,9,13,18H,3-5,8,10-11H2,1-2H3,(H,19,21). The number of piperidine rings is 1. The second kappa shape index (κ2) is 7.78. The van der Waals surface area contributed by atoms with E-state index in [1.165, 1.54) is 6.42 Å². The van der Waals surface area contributed by atoms with Crippen molar-refractivity contribution in [2.75, 3.05) is 31.5 Å². The zero-order valence-electron chi connectivity index (χ0n) is 12.8. The average Bonchev–Trinajstić information content (AvgIpc) is 2.48. The molecule has 1 aliphatic rings. The van der Waals surface area contributed by atoms with Crippen molar-refractivity contribution in [3.05, 3.63) is 28.8 Å². The molecule has 21 heavy (non-hydrogen) atoms. The highest BCUT2D eigenvalue weighted by Gasteiger charge is 2.21. The van der Waals surface area contributed by atoms with Gasteiger partial charge in [-0.3, -0.25) is 9.69 Å². The Morgan fingerprint density at radius 3 is 2.95 bits per heavy atom. The summed E-state index contributed by atoms with van der Waals surface area (Å²) in [5.74, 6) is -0.00632. The maximum absolute atomic E-state index is 12.2. The van der Waals surface area contributed by atoms with Gasteiger partial charge < -0.3 is 10.6 Å². The average molecular weight is 310 g/mol. The summed E-state index contributed by atoms with van der Waals surface area (Å²) in [6.07, 6.45) is 2.33. The number of hydrogen-bond acceptors (Lipinski definition) is 3. The summed E-state index contributed by atoms with van der Waals surface area (Å²) in [4.78, 5) is 14.5. The first kappa shape index (κ1) is 16.3. The van der Waals surface area contributed by atoms with Crippen molar-refractivity contribution in [3.8, 4) is 0 Å². The van der Waals surface area contributed by atoms with E-state index >= 15 is 0 Å². The largest absolute Gasteiger partial charge is 0.324 e. The normalized spacial score (nSPS) is 18.8. The Morgan fingerprint density at radius 1 is 1.52 bits per heavy atom. The quantitative estimate of drug-likeness (QED) is 0.879.